The van der Waals surface area contributed by atoms with Crippen LogP contribution in [0.2, 0.25) is 0 Å². The maximum atomic E-state index is 12.2. The van der Waals surface area contributed by atoms with Crippen molar-refractivity contribution < 1.29 is 48.0 Å². The van der Waals surface area contributed by atoms with Crippen molar-refractivity contribution in [1.82, 2.24) is 5.48 Å². The molecule has 0 aliphatic heterocycles. The van der Waals surface area contributed by atoms with E-state index in [4.69, 9.17) is 34.3 Å². The molecule has 0 bridgehead atoms. The van der Waals surface area contributed by atoms with Gasteiger partial charge in [-0.05, 0) is 19.4 Å². The van der Waals surface area contributed by atoms with Crippen LogP contribution in [0.15, 0.2) is 24.3 Å². The van der Waals surface area contributed by atoms with Gasteiger partial charge in [-0.25, -0.2) is 15.1 Å². The molecule has 0 fully saturated rings. The van der Waals surface area contributed by atoms with E-state index in [1.54, 1.807) is 38.1 Å². The smallest absolute Gasteiger partial charge is 0.434 e. The van der Waals surface area contributed by atoms with Crippen LogP contribution in [-0.2, 0) is 30.3 Å². The minimum Gasteiger partial charge on any atom is -0.434 e. The van der Waals surface area contributed by atoms with Crippen molar-refractivity contribution in [2.75, 3.05) is 39.3 Å². The van der Waals surface area contributed by atoms with Crippen molar-refractivity contribution in [2.45, 2.75) is 26.4 Å². The fraction of sp³-hybridized carbons (Fsp3) is 0.409. The fourth-order valence-corrected chi connectivity index (χ4v) is 2.88. The van der Waals surface area contributed by atoms with Gasteiger partial charge in [0.1, 0.15) is 18.4 Å². The molecule has 0 saturated heterocycles. The number of nitrogens with one attached hydrogen (secondary N) is 1. The van der Waals surface area contributed by atoms with Crippen molar-refractivity contribution >= 4 is 23.9 Å². The first-order chi connectivity index (χ1) is 16.3. The summed E-state index contributed by atoms with van der Waals surface area (Å²) in [6.07, 6.45) is -2.92. The Morgan fingerprint density at radius 3 is 1.94 bits per heavy atom. The molecule has 0 aromatic heterocycles. The quantitative estimate of drug-likeness (QED) is 0.318. The lowest BCUT2D eigenvalue weighted by Gasteiger charge is -2.10. The van der Waals surface area contributed by atoms with E-state index >= 15 is 0 Å². The molecule has 186 valence electrons. The molecule has 2 rings (SSSR count). The zero-order valence-corrected chi connectivity index (χ0v) is 19.1. The molecule has 12 heteroatoms. The Morgan fingerprint density at radius 1 is 0.941 bits per heavy atom. The van der Waals surface area contributed by atoms with Gasteiger partial charge in [0.15, 0.2) is 11.5 Å². The molecule has 2 aliphatic carbocycles. The van der Waals surface area contributed by atoms with Crippen LogP contribution in [0.3, 0.4) is 0 Å². The van der Waals surface area contributed by atoms with E-state index in [0.717, 1.165) is 0 Å². The predicted octanol–water partition coefficient (Wildman–Crippen LogP) is 2.04. The van der Waals surface area contributed by atoms with Gasteiger partial charge in [0.25, 0.3) is 0 Å². The summed E-state index contributed by atoms with van der Waals surface area (Å²) in [5.41, 5.74) is 9.47. The zero-order chi connectivity index (χ0) is 25.1. The SMILES string of the molecule is CCOC(=O)Oc1c2ccc(CC(=O)NOCC(O)COC)ccc-2c(OC(=O)OCC)c1N. The van der Waals surface area contributed by atoms with E-state index in [1.165, 1.54) is 7.11 Å². The lowest BCUT2D eigenvalue weighted by molar-refractivity contribution is -0.136. The number of methoxy groups -OCH3 is 1. The van der Waals surface area contributed by atoms with E-state index < -0.39 is 24.3 Å². The number of amides is 1. The number of ether oxygens (including phenoxy) is 5. The summed E-state index contributed by atoms with van der Waals surface area (Å²) in [6.45, 7) is 3.32. The van der Waals surface area contributed by atoms with Crippen molar-refractivity contribution in [2.24, 2.45) is 0 Å². The van der Waals surface area contributed by atoms with E-state index in [9.17, 15) is 19.5 Å². The highest BCUT2D eigenvalue weighted by molar-refractivity contribution is 5.95. The normalized spacial score (nSPS) is 11.5. The lowest BCUT2D eigenvalue weighted by Crippen LogP contribution is -2.31. The van der Waals surface area contributed by atoms with E-state index in [2.05, 4.69) is 5.48 Å². The Labute approximate surface area is 196 Å². The first kappa shape index (κ1) is 26.6. The van der Waals surface area contributed by atoms with Gasteiger partial charge in [-0.3, -0.25) is 9.63 Å². The lowest BCUT2D eigenvalue weighted by atomic mass is 10.2. The minimum atomic E-state index is -0.984. The summed E-state index contributed by atoms with van der Waals surface area (Å²) in [7, 11) is 1.43. The Hall–Kier alpha value is -3.61. The number of hydroxylamine groups is 1. The number of aliphatic hydroxyl groups excluding tert-OH is 1. The van der Waals surface area contributed by atoms with Gasteiger partial charge in [0, 0.05) is 18.2 Å². The van der Waals surface area contributed by atoms with Gasteiger partial charge >= 0.3 is 12.3 Å². The van der Waals surface area contributed by atoms with Crippen LogP contribution in [0.1, 0.15) is 19.4 Å². The molecule has 1 amide bonds. The summed E-state index contributed by atoms with van der Waals surface area (Å²) < 4.78 is 24.8. The van der Waals surface area contributed by atoms with Crippen LogP contribution in [0.5, 0.6) is 11.5 Å². The first-order valence-electron chi connectivity index (χ1n) is 10.4. The van der Waals surface area contributed by atoms with Crippen LogP contribution in [0.25, 0.3) is 11.1 Å². The Balaban J connectivity index is 2.27. The third kappa shape index (κ3) is 7.47. The van der Waals surface area contributed by atoms with Crippen molar-refractivity contribution in [1.29, 1.82) is 0 Å². The summed E-state index contributed by atoms with van der Waals surface area (Å²) in [4.78, 5) is 40.9. The highest BCUT2D eigenvalue weighted by Crippen LogP contribution is 2.50. The van der Waals surface area contributed by atoms with Gasteiger partial charge in [-0.1, -0.05) is 24.3 Å². The monoisotopic (exact) mass is 480 g/mol. The van der Waals surface area contributed by atoms with Gasteiger partial charge in [-0.15, -0.1) is 0 Å². The van der Waals surface area contributed by atoms with E-state index in [1.807, 2.05) is 0 Å². The van der Waals surface area contributed by atoms with Gasteiger partial charge in [0.2, 0.25) is 5.91 Å². The molecule has 0 aromatic rings. The second-order valence-electron chi connectivity index (χ2n) is 6.83. The maximum absolute atomic E-state index is 12.2. The molecule has 0 radical (unpaired) electrons. The highest BCUT2D eigenvalue weighted by Gasteiger charge is 2.28. The average molecular weight is 480 g/mol. The molecule has 4 N–H and O–H groups in total. The van der Waals surface area contributed by atoms with Crippen molar-refractivity contribution in [3.8, 4) is 22.6 Å². The van der Waals surface area contributed by atoms with E-state index in [0.29, 0.717) is 16.7 Å². The van der Waals surface area contributed by atoms with Gasteiger partial charge in [0.05, 0.1) is 26.2 Å². The van der Waals surface area contributed by atoms with Crippen LogP contribution in [0.4, 0.5) is 15.3 Å². The number of fused-ring (bicyclic) bond motifs is 1. The molecule has 0 aromatic carbocycles. The molecule has 0 spiro atoms. The average Bonchev–Trinajstić information content (AvgIpc) is 2.90. The third-order valence-corrected chi connectivity index (χ3v) is 4.28. The Kier molecular flexibility index (Phi) is 10.3. The van der Waals surface area contributed by atoms with E-state index in [-0.39, 0.29) is 50.0 Å². The number of hydrogen-bond donors (Lipinski definition) is 3. The Morgan fingerprint density at radius 2 is 1.47 bits per heavy atom. The predicted molar refractivity (Wildman–Crippen MR) is 118 cm³/mol. The number of anilines is 1. The topological polar surface area (TPSA) is 165 Å². The molecule has 12 nitrogen and oxygen atoms in total. The summed E-state index contributed by atoms with van der Waals surface area (Å²) >= 11 is 0. The number of hydrogen-bond acceptors (Lipinski definition) is 11. The maximum Gasteiger partial charge on any atom is 0.513 e. The van der Waals surface area contributed by atoms with Crippen LogP contribution < -0.4 is 20.7 Å². The molecular weight excluding hydrogens is 452 g/mol. The summed E-state index contributed by atoms with van der Waals surface area (Å²) in [5, 5.41) is 9.54. The standard InChI is InChI=1S/C22H28N2O10/c1-4-30-21(27)33-19-15-8-6-13(10-17(26)24-32-12-14(25)11-29-3)7-9-16(15)20(18(19)23)34-22(28)31-5-2/h6-9,14,25H,4-5,10-12,23H2,1-3H3,(H,24,26). The highest BCUT2D eigenvalue weighted by atomic mass is 16.7. The number of nitrogen functional groups attached to an aromatic ring is 1. The zero-order valence-electron chi connectivity index (χ0n) is 19.1. The molecule has 2 aliphatic rings. The van der Waals surface area contributed by atoms with Crippen LogP contribution in [0, 0.1) is 0 Å². The number of rotatable bonds is 11. The summed E-state index contributed by atoms with van der Waals surface area (Å²) in [6, 6.07) is 6.33. The number of carbonyl (C=O) groups excluding carboxylic acids is 3. The Bertz CT molecular complexity index is 907. The first-order valence-corrected chi connectivity index (χ1v) is 10.4. The number of aliphatic hydroxyl groups is 1. The third-order valence-electron chi connectivity index (χ3n) is 4.28. The second-order valence-corrected chi connectivity index (χ2v) is 6.83. The minimum absolute atomic E-state index is 0.0604. The summed E-state index contributed by atoms with van der Waals surface area (Å²) in [5.74, 6) is -0.592. The van der Waals surface area contributed by atoms with Crippen molar-refractivity contribution in [3.63, 3.8) is 0 Å². The van der Waals surface area contributed by atoms with Crippen LogP contribution in [-0.4, -0.2) is 63.0 Å². The molecule has 34 heavy (non-hydrogen) atoms. The molecule has 0 heterocycles. The number of carbonyl (C=O) groups is 3. The van der Waals surface area contributed by atoms with Crippen LogP contribution >= 0.6 is 0 Å². The largest absolute Gasteiger partial charge is 0.513 e. The number of nitrogens with two attached hydrogens (primary N) is 1. The van der Waals surface area contributed by atoms with Gasteiger partial charge < -0.3 is 34.5 Å². The molecular formula is C22H28N2O10. The molecule has 1 atom stereocenters. The fourth-order valence-electron chi connectivity index (χ4n) is 2.88. The molecule has 1 unspecified atom stereocenters. The van der Waals surface area contributed by atoms with Gasteiger partial charge in [-0.2, -0.15) is 0 Å². The molecule has 0 saturated carbocycles. The van der Waals surface area contributed by atoms with Crippen molar-refractivity contribution in [3.05, 3.63) is 29.8 Å². The second kappa shape index (κ2) is 13.2.